The first-order valence-electron chi connectivity index (χ1n) is 8.64. The number of carboxylic acids is 1. The van der Waals surface area contributed by atoms with Crippen LogP contribution in [0.4, 0.5) is 0 Å². The third-order valence-electron chi connectivity index (χ3n) is 4.99. The molecule has 2 aromatic heterocycles. The summed E-state index contributed by atoms with van der Waals surface area (Å²) in [5, 5.41) is 9.67. The molecule has 3 heterocycles. The number of carbonyl (C=O) groups excluding carboxylic acids is 1. The van der Waals surface area contributed by atoms with Crippen molar-refractivity contribution in [1.82, 2.24) is 14.8 Å². The first-order chi connectivity index (χ1) is 12.5. The molecule has 0 aliphatic carbocycles. The van der Waals surface area contributed by atoms with Crippen LogP contribution in [0.2, 0.25) is 0 Å². The number of carboxylic acid groups (broad SMARTS) is 1. The van der Waals surface area contributed by atoms with Crippen molar-refractivity contribution in [1.29, 1.82) is 0 Å². The monoisotopic (exact) mass is 357 g/mol. The van der Waals surface area contributed by atoms with Gasteiger partial charge in [0, 0.05) is 31.5 Å². The van der Waals surface area contributed by atoms with Gasteiger partial charge in [-0.15, -0.1) is 0 Å². The molecule has 1 saturated heterocycles. The molecule has 1 aliphatic heterocycles. The molecule has 0 radical (unpaired) electrons. The molecule has 2 aromatic rings. The molecule has 0 bridgehead atoms. The molecule has 138 valence electrons. The van der Waals surface area contributed by atoms with E-state index in [1.54, 1.807) is 19.2 Å². The highest BCUT2D eigenvalue weighted by Crippen LogP contribution is 2.25. The summed E-state index contributed by atoms with van der Waals surface area (Å²) in [6.45, 7) is 2.81. The van der Waals surface area contributed by atoms with Gasteiger partial charge in [0.05, 0.1) is 11.8 Å². The molecule has 0 aromatic carbocycles. The lowest BCUT2D eigenvalue weighted by Gasteiger charge is -2.40. The first-order valence-corrected chi connectivity index (χ1v) is 8.64. The Bertz CT molecular complexity index is 774. The molecular weight excluding hydrogens is 334 g/mol. The molecule has 1 aliphatic rings. The Labute approximate surface area is 152 Å². The molecule has 0 unspecified atom stereocenters. The standard InChI is InChI=1S/C19H23N3O4/c1-13-16(6-9-26-13)18(23)22-8-5-15(10-17(22)19(24)25)21(2)12-14-4-3-7-20-11-14/h3-4,6-7,9,11,15,17H,5,8,10,12H2,1-2H3,(H,24,25)/t15-,17+/m1/s1. The molecule has 3 rings (SSSR count). The molecule has 1 amide bonds. The van der Waals surface area contributed by atoms with Gasteiger partial charge >= 0.3 is 5.97 Å². The van der Waals surface area contributed by atoms with Crippen molar-refractivity contribution in [2.24, 2.45) is 0 Å². The van der Waals surface area contributed by atoms with Gasteiger partial charge in [-0.2, -0.15) is 0 Å². The van der Waals surface area contributed by atoms with E-state index in [-0.39, 0.29) is 11.9 Å². The van der Waals surface area contributed by atoms with E-state index >= 15 is 0 Å². The summed E-state index contributed by atoms with van der Waals surface area (Å²) < 4.78 is 5.19. The van der Waals surface area contributed by atoms with Crippen molar-refractivity contribution in [2.75, 3.05) is 13.6 Å². The van der Waals surface area contributed by atoms with Crippen LogP contribution in [0.3, 0.4) is 0 Å². The minimum Gasteiger partial charge on any atom is -0.480 e. The highest BCUT2D eigenvalue weighted by molar-refractivity contribution is 5.97. The zero-order chi connectivity index (χ0) is 18.7. The van der Waals surface area contributed by atoms with Crippen LogP contribution in [-0.2, 0) is 11.3 Å². The highest BCUT2D eigenvalue weighted by Gasteiger charge is 2.38. The molecule has 0 spiro atoms. The first kappa shape index (κ1) is 18.1. The van der Waals surface area contributed by atoms with Crippen molar-refractivity contribution < 1.29 is 19.1 Å². The SMILES string of the molecule is Cc1occc1C(=O)N1CC[C@@H](N(C)Cc2cccnc2)C[C@H]1C(=O)O. The number of carbonyl (C=O) groups is 2. The largest absolute Gasteiger partial charge is 0.480 e. The van der Waals surface area contributed by atoms with Crippen LogP contribution in [0.5, 0.6) is 0 Å². The molecule has 7 nitrogen and oxygen atoms in total. The number of aliphatic carboxylic acids is 1. The van der Waals surface area contributed by atoms with E-state index in [1.165, 1.54) is 11.2 Å². The predicted molar refractivity (Wildman–Crippen MR) is 94.6 cm³/mol. The zero-order valence-corrected chi connectivity index (χ0v) is 15.0. The highest BCUT2D eigenvalue weighted by atomic mass is 16.4. The second-order valence-corrected chi connectivity index (χ2v) is 6.70. The molecule has 0 saturated carbocycles. The number of rotatable bonds is 5. The Hall–Kier alpha value is -2.67. The number of aryl methyl sites for hydroxylation is 1. The third kappa shape index (κ3) is 3.77. The number of furan rings is 1. The summed E-state index contributed by atoms with van der Waals surface area (Å²) in [6, 6.07) is 4.73. The van der Waals surface area contributed by atoms with Crippen LogP contribution in [0, 0.1) is 6.92 Å². The van der Waals surface area contributed by atoms with Crippen molar-refractivity contribution in [3.63, 3.8) is 0 Å². The van der Waals surface area contributed by atoms with Crippen molar-refractivity contribution in [2.45, 2.75) is 38.4 Å². The molecule has 2 atom stereocenters. The van der Waals surface area contributed by atoms with Gasteiger partial charge in [0.25, 0.3) is 5.91 Å². The van der Waals surface area contributed by atoms with E-state index in [0.29, 0.717) is 30.8 Å². The van der Waals surface area contributed by atoms with E-state index in [1.807, 2.05) is 25.4 Å². The van der Waals surface area contributed by atoms with Crippen LogP contribution in [-0.4, -0.2) is 57.4 Å². The number of amides is 1. The summed E-state index contributed by atoms with van der Waals surface area (Å²) in [5.41, 5.74) is 1.51. The smallest absolute Gasteiger partial charge is 0.326 e. The average Bonchev–Trinajstić information content (AvgIpc) is 3.07. The van der Waals surface area contributed by atoms with Gasteiger partial charge < -0.3 is 14.4 Å². The third-order valence-corrected chi connectivity index (χ3v) is 4.99. The van der Waals surface area contributed by atoms with Gasteiger partial charge in [-0.1, -0.05) is 6.07 Å². The van der Waals surface area contributed by atoms with Gasteiger partial charge in [-0.3, -0.25) is 14.7 Å². The fourth-order valence-corrected chi connectivity index (χ4v) is 3.49. The Balaban J connectivity index is 1.71. The molecule has 1 N–H and O–H groups in total. The van der Waals surface area contributed by atoms with E-state index < -0.39 is 12.0 Å². The Kier molecular flexibility index (Phi) is 5.37. The maximum Gasteiger partial charge on any atom is 0.326 e. The van der Waals surface area contributed by atoms with Gasteiger partial charge in [-0.05, 0) is 44.5 Å². The predicted octanol–water partition coefficient (Wildman–Crippen LogP) is 2.17. The normalized spacial score (nSPS) is 20.3. The number of likely N-dealkylation sites (tertiary alicyclic amines) is 1. The van der Waals surface area contributed by atoms with Gasteiger partial charge in [-0.25, -0.2) is 4.79 Å². The maximum absolute atomic E-state index is 12.7. The number of hydrogen-bond donors (Lipinski definition) is 1. The quantitative estimate of drug-likeness (QED) is 0.882. The maximum atomic E-state index is 12.7. The Morgan fingerprint density at radius 1 is 1.42 bits per heavy atom. The van der Waals surface area contributed by atoms with E-state index in [0.717, 1.165) is 12.0 Å². The summed E-state index contributed by atoms with van der Waals surface area (Å²) in [6.07, 6.45) is 6.11. The van der Waals surface area contributed by atoms with Crippen molar-refractivity contribution >= 4 is 11.9 Å². The summed E-state index contributed by atoms with van der Waals surface area (Å²) >= 11 is 0. The second-order valence-electron chi connectivity index (χ2n) is 6.70. The zero-order valence-electron chi connectivity index (χ0n) is 15.0. The fourth-order valence-electron chi connectivity index (χ4n) is 3.49. The Morgan fingerprint density at radius 2 is 2.23 bits per heavy atom. The van der Waals surface area contributed by atoms with E-state index in [4.69, 9.17) is 4.42 Å². The summed E-state index contributed by atoms with van der Waals surface area (Å²) in [4.78, 5) is 32.3. The summed E-state index contributed by atoms with van der Waals surface area (Å²) in [7, 11) is 1.98. The van der Waals surface area contributed by atoms with E-state index in [2.05, 4.69) is 9.88 Å². The molecule has 26 heavy (non-hydrogen) atoms. The lowest BCUT2D eigenvalue weighted by atomic mass is 9.95. The number of piperidine rings is 1. The topological polar surface area (TPSA) is 86.9 Å². The van der Waals surface area contributed by atoms with Gasteiger partial charge in [0.1, 0.15) is 11.8 Å². The van der Waals surface area contributed by atoms with Crippen molar-refractivity contribution in [3.8, 4) is 0 Å². The lowest BCUT2D eigenvalue weighted by Crippen LogP contribution is -2.54. The Morgan fingerprint density at radius 3 is 2.85 bits per heavy atom. The number of hydrogen-bond acceptors (Lipinski definition) is 5. The molecular formula is C19H23N3O4. The number of pyridine rings is 1. The lowest BCUT2D eigenvalue weighted by molar-refractivity contribution is -0.144. The van der Waals surface area contributed by atoms with Crippen molar-refractivity contribution in [3.05, 3.63) is 53.7 Å². The number of aromatic nitrogens is 1. The number of nitrogens with zero attached hydrogens (tertiary/aromatic N) is 3. The molecule has 1 fully saturated rings. The summed E-state index contributed by atoms with van der Waals surface area (Å²) in [5.74, 6) is -0.744. The van der Waals surface area contributed by atoms with Gasteiger partial charge in [0.2, 0.25) is 0 Å². The average molecular weight is 357 g/mol. The minimum absolute atomic E-state index is 0.0887. The van der Waals surface area contributed by atoms with Crippen LogP contribution >= 0.6 is 0 Å². The second kappa shape index (κ2) is 7.70. The fraction of sp³-hybridized carbons (Fsp3) is 0.421. The minimum atomic E-state index is -0.973. The van der Waals surface area contributed by atoms with E-state index in [9.17, 15) is 14.7 Å². The van der Waals surface area contributed by atoms with Crippen LogP contribution in [0.15, 0.2) is 41.3 Å². The van der Waals surface area contributed by atoms with Crippen LogP contribution in [0.25, 0.3) is 0 Å². The van der Waals surface area contributed by atoms with Crippen LogP contribution < -0.4 is 0 Å². The van der Waals surface area contributed by atoms with Gasteiger partial charge in [0.15, 0.2) is 0 Å². The van der Waals surface area contributed by atoms with Crippen LogP contribution in [0.1, 0.15) is 34.5 Å². The molecule has 7 heteroatoms.